The molecule has 114 valence electrons. The first-order valence-corrected chi connectivity index (χ1v) is 8.25. The van der Waals surface area contributed by atoms with Gasteiger partial charge in [0.25, 0.3) is 0 Å². The van der Waals surface area contributed by atoms with Gasteiger partial charge in [-0.1, -0.05) is 13.8 Å². The van der Waals surface area contributed by atoms with Crippen LogP contribution in [0.2, 0.25) is 0 Å². The van der Waals surface area contributed by atoms with Crippen LogP contribution in [0, 0.1) is 5.92 Å². The molecule has 0 bridgehead atoms. The Bertz CT molecular complexity index is 399. The van der Waals surface area contributed by atoms with E-state index in [-0.39, 0.29) is 0 Å². The van der Waals surface area contributed by atoms with Gasteiger partial charge in [-0.05, 0) is 57.8 Å². The van der Waals surface area contributed by atoms with Crippen LogP contribution in [0.1, 0.15) is 45.0 Å². The predicted octanol–water partition coefficient (Wildman–Crippen LogP) is 2.29. The Kier molecular flexibility index (Phi) is 6.05. The molecule has 4 nitrogen and oxygen atoms in total. The number of rotatable bonds is 7. The van der Waals surface area contributed by atoms with Gasteiger partial charge in [0.2, 0.25) is 0 Å². The molecule has 1 fully saturated rings. The maximum absolute atomic E-state index is 4.66. The molecule has 1 aromatic heterocycles. The number of nitrogens with zero attached hydrogens (tertiary/aromatic N) is 3. The Hall–Kier alpha value is -0.870. The summed E-state index contributed by atoms with van der Waals surface area (Å²) in [5.41, 5.74) is 2.61. The molecule has 0 radical (unpaired) electrons. The number of aryl methyl sites for hydroxylation is 2. The van der Waals surface area contributed by atoms with E-state index < -0.39 is 0 Å². The lowest BCUT2D eigenvalue weighted by atomic mass is 9.98. The predicted molar refractivity (Wildman–Crippen MR) is 83.8 cm³/mol. The molecular weight excluding hydrogens is 248 g/mol. The van der Waals surface area contributed by atoms with E-state index in [1.807, 2.05) is 0 Å². The van der Waals surface area contributed by atoms with Crippen molar-refractivity contribution in [2.75, 3.05) is 26.2 Å². The standard InChI is InChI=1S/C16H30N4/c1-4-15-10-16(20(6-3)18-15)13-19-9-7-8-14(12-19)11-17-5-2/h10,14,17H,4-9,11-13H2,1-3H3. The molecular formula is C16H30N4. The molecule has 1 unspecified atom stereocenters. The number of aromatic nitrogens is 2. The Morgan fingerprint density at radius 2 is 2.20 bits per heavy atom. The van der Waals surface area contributed by atoms with Crippen LogP contribution < -0.4 is 5.32 Å². The molecule has 4 heteroatoms. The third-order valence-corrected chi connectivity index (χ3v) is 4.25. The van der Waals surface area contributed by atoms with Crippen LogP contribution in [-0.2, 0) is 19.5 Å². The van der Waals surface area contributed by atoms with Crippen molar-refractivity contribution in [1.29, 1.82) is 0 Å². The fourth-order valence-corrected chi connectivity index (χ4v) is 3.13. The minimum atomic E-state index is 0.812. The van der Waals surface area contributed by atoms with Crippen molar-refractivity contribution in [2.45, 2.75) is 53.1 Å². The van der Waals surface area contributed by atoms with Crippen LogP contribution in [0.15, 0.2) is 6.07 Å². The number of hydrogen-bond acceptors (Lipinski definition) is 3. The summed E-state index contributed by atoms with van der Waals surface area (Å²) in [4.78, 5) is 2.61. The van der Waals surface area contributed by atoms with Crippen LogP contribution in [0.5, 0.6) is 0 Å². The molecule has 20 heavy (non-hydrogen) atoms. The summed E-state index contributed by atoms with van der Waals surface area (Å²) in [6.45, 7) is 13.3. The number of nitrogens with one attached hydrogen (secondary N) is 1. The van der Waals surface area contributed by atoms with Crippen molar-refractivity contribution in [2.24, 2.45) is 5.92 Å². The fraction of sp³-hybridized carbons (Fsp3) is 0.812. The Morgan fingerprint density at radius 1 is 1.35 bits per heavy atom. The van der Waals surface area contributed by atoms with E-state index >= 15 is 0 Å². The molecule has 0 aliphatic carbocycles. The van der Waals surface area contributed by atoms with Gasteiger partial charge < -0.3 is 5.32 Å². The van der Waals surface area contributed by atoms with Gasteiger partial charge in [0, 0.05) is 19.6 Å². The van der Waals surface area contributed by atoms with Crippen LogP contribution in [0.3, 0.4) is 0 Å². The second kappa shape index (κ2) is 7.79. The third-order valence-electron chi connectivity index (χ3n) is 4.25. The van der Waals surface area contributed by atoms with E-state index in [4.69, 9.17) is 0 Å². The summed E-state index contributed by atoms with van der Waals surface area (Å²) in [5, 5.41) is 8.15. The van der Waals surface area contributed by atoms with Gasteiger partial charge in [-0.15, -0.1) is 0 Å². The fourth-order valence-electron chi connectivity index (χ4n) is 3.13. The minimum absolute atomic E-state index is 0.812. The zero-order chi connectivity index (χ0) is 14.4. The SMILES string of the molecule is CCNCC1CCCN(Cc2cc(CC)nn2CC)C1. The maximum Gasteiger partial charge on any atom is 0.0625 e. The first-order chi connectivity index (χ1) is 9.76. The van der Waals surface area contributed by atoms with Crippen LogP contribution in [-0.4, -0.2) is 40.9 Å². The summed E-state index contributed by atoms with van der Waals surface area (Å²) in [7, 11) is 0. The van der Waals surface area contributed by atoms with E-state index in [0.717, 1.165) is 32.0 Å². The minimum Gasteiger partial charge on any atom is -0.317 e. The number of hydrogen-bond donors (Lipinski definition) is 1. The molecule has 1 saturated heterocycles. The monoisotopic (exact) mass is 278 g/mol. The molecule has 2 rings (SSSR count). The number of likely N-dealkylation sites (tertiary alicyclic amines) is 1. The average molecular weight is 278 g/mol. The summed E-state index contributed by atoms with van der Waals surface area (Å²) in [6, 6.07) is 2.29. The topological polar surface area (TPSA) is 33.1 Å². The Morgan fingerprint density at radius 3 is 2.90 bits per heavy atom. The van der Waals surface area contributed by atoms with Crippen molar-refractivity contribution < 1.29 is 0 Å². The van der Waals surface area contributed by atoms with Crippen molar-refractivity contribution in [3.8, 4) is 0 Å². The highest BCUT2D eigenvalue weighted by Gasteiger charge is 2.20. The van der Waals surface area contributed by atoms with Gasteiger partial charge in [0.15, 0.2) is 0 Å². The van der Waals surface area contributed by atoms with Gasteiger partial charge >= 0.3 is 0 Å². The molecule has 0 spiro atoms. The first-order valence-electron chi connectivity index (χ1n) is 8.25. The zero-order valence-electron chi connectivity index (χ0n) is 13.4. The largest absolute Gasteiger partial charge is 0.317 e. The summed E-state index contributed by atoms with van der Waals surface area (Å²) in [5.74, 6) is 0.812. The molecule has 1 N–H and O–H groups in total. The van der Waals surface area contributed by atoms with E-state index in [1.165, 1.54) is 43.9 Å². The van der Waals surface area contributed by atoms with Gasteiger partial charge in [-0.3, -0.25) is 9.58 Å². The Labute approximate surface area is 123 Å². The van der Waals surface area contributed by atoms with Crippen molar-refractivity contribution in [3.63, 3.8) is 0 Å². The normalized spacial score (nSPS) is 20.4. The smallest absolute Gasteiger partial charge is 0.0625 e. The summed E-state index contributed by atoms with van der Waals surface area (Å²) < 4.78 is 2.17. The quantitative estimate of drug-likeness (QED) is 0.831. The van der Waals surface area contributed by atoms with Crippen molar-refractivity contribution in [3.05, 3.63) is 17.5 Å². The summed E-state index contributed by atoms with van der Waals surface area (Å²) in [6.07, 6.45) is 3.73. The zero-order valence-corrected chi connectivity index (χ0v) is 13.4. The van der Waals surface area contributed by atoms with Gasteiger partial charge in [0.1, 0.15) is 0 Å². The molecule has 0 amide bonds. The van der Waals surface area contributed by atoms with Crippen LogP contribution >= 0.6 is 0 Å². The molecule has 1 atom stereocenters. The first kappa shape index (κ1) is 15.5. The second-order valence-electron chi connectivity index (χ2n) is 5.85. The molecule has 0 aromatic carbocycles. The molecule has 1 aromatic rings. The van der Waals surface area contributed by atoms with E-state index in [9.17, 15) is 0 Å². The second-order valence-corrected chi connectivity index (χ2v) is 5.85. The van der Waals surface area contributed by atoms with Gasteiger partial charge in [-0.25, -0.2) is 0 Å². The lowest BCUT2D eigenvalue weighted by molar-refractivity contribution is 0.162. The maximum atomic E-state index is 4.66. The molecule has 1 aliphatic heterocycles. The molecule has 1 aliphatic rings. The van der Waals surface area contributed by atoms with Gasteiger partial charge in [-0.2, -0.15) is 5.10 Å². The number of piperidine rings is 1. The van der Waals surface area contributed by atoms with Crippen molar-refractivity contribution >= 4 is 0 Å². The van der Waals surface area contributed by atoms with Crippen LogP contribution in [0.25, 0.3) is 0 Å². The molecule has 2 heterocycles. The summed E-state index contributed by atoms with van der Waals surface area (Å²) >= 11 is 0. The van der Waals surface area contributed by atoms with E-state index in [2.05, 4.69) is 46.8 Å². The van der Waals surface area contributed by atoms with Crippen molar-refractivity contribution in [1.82, 2.24) is 20.0 Å². The highest BCUT2D eigenvalue weighted by molar-refractivity contribution is 5.10. The lowest BCUT2D eigenvalue weighted by Crippen LogP contribution is -2.39. The highest BCUT2D eigenvalue weighted by Crippen LogP contribution is 2.18. The lowest BCUT2D eigenvalue weighted by Gasteiger charge is -2.32. The highest BCUT2D eigenvalue weighted by atomic mass is 15.3. The average Bonchev–Trinajstić information content (AvgIpc) is 2.87. The van der Waals surface area contributed by atoms with E-state index in [1.54, 1.807) is 0 Å². The van der Waals surface area contributed by atoms with Gasteiger partial charge in [0.05, 0.1) is 11.4 Å². The Balaban J connectivity index is 1.93. The van der Waals surface area contributed by atoms with Crippen LogP contribution in [0.4, 0.5) is 0 Å². The molecule has 0 saturated carbocycles. The van der Waals surface area contributed by atoms with E-state index in [0.29, 0.717) is 0 Å². The third kappa shape index (κ3) is 4.06.